The Balaban J connectivity index is 1.09. The molecule has 2 aromatic heterocycles. The van der Waals surface area contributed by atoms with E-state index in [0.29, 0.717) is 0 Å². The highest BCUT2D eigenvalue weighted by Gasteiger charge is 2.16. The summed E-state index contributed by atoms with van der Waals surface area (Å²) < 4.78 is 8.52. The number of fused-ring (bicyclic) bond motifs is 6. The Kier molecular flexibility index (Phi) is 10.8. The van der Waals surface area contributed by atoms with Crippen molar-refractivity contribution in [3.63, 3.8) is 0 Å². The van der Waals surface area contributed by atoms with Crippen LogP contribution in [0.3, 0.4) is 0 Å². The number of hydrogen-bond acceptors (Lipinski definition) is 2. The number of aromatic nitrogens is 1. The molecule has 3 nitrogen and oxygen atoms in total. The van der Waals surface area contributed by atoms with E-state index in [0.717, 1.165) is 102 Å². The Bertz CT molecular complexity index is 3310. The monoisotopic (exact) mass is 810 g/mol. The van der Waals surface area contributed by atoms with E-state index >= 15 is 0 Å². The van der Waals surface area contributed by atoms with E-state index < -0.39 is 0 Å². The SMILES string of the molecule is C=C/C=C(\C=C/C1=CCCC=C1)c1ccc2c(c1)c1cc(C(/C=C\N(c3ccccc3)c3ccccc3)=C/C=C)ccc1n2-c1ccc(-c2ccc3oc4ccccc4c3c2)cc1. The van der Waals surface area contributed by atoms with Crippen LogP contribution in [0.25, 0.3) is 71.7 Å². The van der Waals surface area contributed by atoms with Crippen molar-refractivity contribution >= 4 is 66.3 Å². The van der Waals surface area contributed by atoms with Gasteiger partial charge in [-0.1, -0.05) is 153 Å². The third-order valence-corrected chi connectivity index (χ3v) is 11.8. The van der Waals surface area contributed by atoms with E-state index in [1.54, 1.807) is 0 Å². The number of rotatable bonds is 12. The molecular weight excluding hydrogens is 765 g/mol. The van der Waals surface area contributed by atoms with Gasteiger partial charge in [0.15, 0.2) is 0 Å². The summed E-state index contributed by atoms with van der Waals surface area (Å²) in [5, 5.41) is 4.59. The van der Waals surface area contributed by atoms with Gasteiger partial charge in [0.2, 0.25) is 0 Å². The lowest BCUT2D eigenvalue weighted by Gasteiger charge is -2.21. The van der Waals surface area contributed by atoms with Crippen LogP contribution in [0.2, 0.25) is 0 Å². The van der Waals surface area contributed by atoms with Crippen molar-refractivity contribution < 1.29 is 4.42 Å². The second kappa shape index (κ2) is 17.5. The molecule has 2 heterocycles. The predicted molar refractivity (Wildman–Crippen MR) is 270 cm³/mol. The molecule has 7 aromatic carbocycles. The third kappa shape index (κ3) is 7.85. The van der Waals surface area contributed by atoms with Crippen molar-refractivity contribution in [2.75, 3.05) is 4.90 Å². The highest BCUT2D eigenvalue weighted by atomic mass is 16.3. The molecule has 0 saturated carbocycles. The van der Waals surface area contributed by atoms with E-state index in [1.807, 2.05) is 36.4 Å². The van der Waals surface area contributed by atoms with Crippen molar-refractivity contribution in [1.29, 1.82) is 0 Å². The molecule has 302 valence electrons. The Morgan fingerprint density at radius 3 is 1.78 bits per heavy atom. The van der Waals surface area contributed by atoms with Gasteiger partial charge >= 0.3 is 0 Å². The van der Waals surface area contributed by atoms with Crippen LogP contribution < -0.4 is 4.90 Å². The molecule has 1 aliphatic carbocycles. The molecule has 0 N–H and O–H groups in total. The molecule has 10 rings (SSSR count). The Labute approximate surface area is 368 Å². The summed E-state index contributed by atoms with van der Waals surface area (Å²) in [7, 11) is 0. The Hall–Kier alpha value is -8.14. The van der Waals surface area contributed by atoms with Crippen LogP contribution in [-0.4, -0.2) is 4.57 Å². The summed E-state index contributed by atoms with van der Waals surface area (Å²) in [6, 6.07) is 58.2. The van der Waals surface area contributed by atoms with Crippen LogP contribution in [0.5, 0.6) is 0 Å². The van der Waals surface area contributed by atoms with Crippen molar-refractivity contribution in [3.05, 3.63) is 261 Å². The molecule has 0 aliphatic heterocycles. The molecule has 0 spiro atoms. The van der Waals surface area contributed by atoms with Gasteiger partial charge in [0.25, 0.3) is 0 Å². The van der Waals surface area contributed by atoms with E-state index in [-0.39, 0.29) is 0 Å². The second-order valence-electron chi connectivity index (χ2n) is 15.7. The minimum atomic E-state index is 0.899. The minimum Gasteiger partial charge on any atom is -0.456 e. The van der Waals surface area contributed by atoms with E-state index in [4.69, 9.17) is 4.42 Å². The van der Waals surface area contributed by atoms with Crippen LogP contribution in [0.1, 0.15) is 24.0 Å². The zero-order valence-corrected chi connectivity index (χ0v) is 35.1. The van der Waals surface area contributed by atoms with Crippen LogP contribution in [0.4, 0.5) is 11.4 Å². The topological polar surface area (TPSA) is 21.3 Å². The molecule has 0 amide bonds. The number of anilines is 2. The van der Waals surface area contributed by atoms with Gasteiger partial charge in [-0.25, -0.2) is 0 Å². The zero-order chi connectivity index (χ0) is 42.5. The van der Waals surface area contributed by atoms with Crippen molar-refractivity contribution in [1.82, 2.24) is 4.57 Å². The number of hydrogen-bond donors (Lipinski definition) is 0. The molecule has 0 radical (unpaired) electrons. The fourth-order valence-electron chi connectivity index (χ4n) is 8.72. The number of para-hydroxylation sites is 3. The summed E-state index contributed by atoms with van der Waals surface area (Å²) in [6.45, 7) is 8.19. The van der Waals surface area contributed by atoms with Gasteiger partial charge in [0.1, 0.15) is 11.2 Å². The van der Waals surface area contributed by atoms with Crippen molar-refractivity contribution in [3.8, 4) is 16.8 Å². The first-order valence-electron chi connectivity index (χ1n) is 21.5. The van der Waals surface area contributed by atoms with Crippen molar-refractivity contribution in [2.24, 2.45) is 0 Å². The van der Waals surface area contributed by atoms with E-state index in [9.17, 15) is 0 Å². The van der Waals surface area contributed by atoms with Gasteiger partial charge in [-0.3, -0.25) is 0 Å². The van der Waals surface area contributed by atoms with Gasteiger partial charge in [0.05, 0.1) is 11.0 Å². The maximum absolute atomic E-state index is 6.13. The van der Waals surface area contributed by atoms with Gasteiger partial charge in [0, 0.05) is 44.8 Å². The number of furan rings is 1. The number of allylic oxidation sites excluding steroid dienone is 13. The first-order valence-corrected chi connectivity index (χ1v) is 21.5. The molecular formula is C60H46N2O. The molecule has 1 aliphatic rings. The highest BCUT2D eigenvalue weighted by Crippen LogP contribution is 2.38. The smallest absolute Gasteiger partial charge is 0.135 e. The van der Waals surface area contributed by atoms with Crippen LogP contribution in [-0.2, 0) is 0 Å². The van der Waals surface area contributed by atoms with Crippen LogP contribution in [0, 0.1) is 0 Å². The summed E-state index contributed by atoms with van der Waals surface area (Å²) in [4.78, 5) is 2.22. The summed E-state index contributed by atoms with van der Waals surface area (Å²) in [6.07, 6.45) is 25.6. The van der Waals surface area contributed by atoms with E-state index in [2.05, 4.69) is 217 Å². The molecule has 0 saturated heterocycles. The molecule has 9 aromatic rings. The standard InChI is InChI=1S/C60H46N2O/c1-3-16-44(27-26-43-18-8-5-9-19-43)47-30-35-57-54(40-47)55-41-48(45(17-4-2)38-39-61(50-20-10-6-11-21-50)51-22-12-7-13-23-51)31-36-58(55)62(57)52-33-28-46(29-34-52)49-32-37-60-56(42-49)53-24-14-15-25-59(53)63-60/h3-4,6-8,10-42H,1-2,5,9H2/b27-26-,39-38-,44-16+,45-17+. The van der Waals surface area contributed by atoms with Gasteiger partial charge in [-0.15, -0.1) is 0 Å². The molecule has 3 heteroatoms. The lowest BCUT2D eigenvalue weighted by Crippen LogP contribution is -2.08. The van der Waals surface area contributed by atoms with Gasteiger partial charge in [-0.05, 0) is 137 Å². The highest BCUT2D eigenvalue weighted by molar-refractivity contribution is 6.11. The maximum atomic E-state index is 6.13. The summed E-state index contributed by atoms with van der Waals surface area (Å²) >= 11 is 0. The Morgan fingerprint density at radius 2 is 1.14 bits per heavy atom. The summed E-state index contributed by atoms with van der Waals surface area (Å²) in [5.41, 5.74) is 15.2. The quantitative estimate of drug-likeness (QED) is 0.115. The molecule has 0 bridgehead atoms. The largest absolute Gasteiger partial charge is 0.456 e. The maximum Gasteiger partial charge on any atom is 0.135 e. The predicted octanol–water partition coefficient (Wildman–Crippen LogP) is 16.7. The average Bonchev–Trinajstić information content (AvgIpc) is 3.88. The lowest BCUT2D eigenvalue weighted by molar-refractivity contribution is 0.669. The minimum absolute atomic E-state index is 0.899. The molecule has 0 unspecified atom stereocenters. The fourth-order valence-corrected chi connectivity index (χ4v) is 8.72. The van der Waals surface area contributed by atoms with Crippen LogP contribution in [0.15, 0.2) is 254 Å². The number of benzene rings is 7. The fraction of sp³-hybridized carbons (Fsp3) is 0.0333. The normalized spacial score (nSPS) is 13.5. The van der Waals surface area contributed by atoms with Crippen LogP contribution >= 0.6 is 0 Å². The van der Waals surface area contributed by atoms with E-state index in [1.165, 1.54) is 11.0 Å². The second-order valence-corrected chi connectivity index (χ2v) is 15.7. The first kappa shape index (κ1) is 39.0. The van der Waals surface area contributed by atoms with Gasteiger partial charge in [-0.2, -0.15) is 0 Å². The third-order valence-electron chi connectivity index (χ3n) is 11.8. The van der Waals surface area contributed by atoms with Crippen molar-refractivity contribution in [2.45, 2.75) is 12.8 Å². The van der Waals surface area contributed by atoms with Gasteiger partial charge < -0.3 is 13.9 Å². The summed E-state index contributed by atoms with van der Waals surface area (Å²) in [5.74, 6) is 0. The molecule has 0 fully saturated rings. The lowest BCUT2D eigenvalue weighted by atomic mass is 9.98. The average molecular weight is 811 g/mol. The molecule has 63 heavy (non-hydrogen) atoms. The first-order chi connectivity index (χ1) is 31.1. The Morgan fingerprint density at radius 1 is 0.540 bits per heavy atom. The zero-order valence-electron chi connectivity index (χ0n) is 35.1. The number of nitrogens with zero attached hydrogens (tertiary/aromatic N) is 2. The molecule has 0 atom stereocenters.